The number of carbonyl (C=O) groups is 5. The normalized spacial score (nSPS) is 28.0. The highest BCUT2D eigenvalue weighted by Gasteiger charge is 2.50. The first kappa shape index (κ1) is 50.9. The van der Waals surface area contributed by atoms with Crippen molar-refractivity contribution in [1.82, 2.24) is 15.5 Å². The SMILES string of the molecule is CCCCNC(=O)C1CCCCC1C(=O)N=C1C=C2C(=C/C1=C1/C(=O)C(c3cc4c(cc3NC(=O)C3CCCCC3C(=O)NCCCC)N(C(C)C)C(C)C4(C)C)=C1O)C(C)(C)C(C)N2C(C)C. The van der Waals surface area contributed by atoms with E-state index in [9.17, 15) is 24.3 Å². The van der Waals surface area contributed by atoms with E-state index in [4.69, 9.17) is 4.99 Å². The van der Waals surface area contributed by atoms with E-state index in [-0.39, 0.29) is 69.6 Å². The number of amides is 4. The van der Waals surface area contributed by atoms with Gasteiger partial charge in [0.2, 0.25) is 29.4 Å². The van der Waals surface area contributed by atoms with Crippen LogP contribution in [0, 0.1) is 29.1 Å². The van der Waals surface area contributed by atoms with Crippen molar-refractivity contribution in [3.8, 4) is 0 Å². The molecule has 1 saturated heterocycles. The van der Waals surface area contributed by atoms with Crippen LogP contribution in [-0.2, 0) is 29.4 Å². The van der Waals surface area contributed by atoms with Crippen LogP contribution in [0.4, 0.5) is 11.4 Å². The number of benzene rings is 1. The number of likely N-dealkylation sites (tertiary alicyclic amines) is 1. The molecule has 4 amide bonds. The number of nitrogens with one attached hydrogen (secondary N) is 3. The fourth-order valence-corrected chi connectivity index (χ4v) is 12.1. The highest BCUT2D eigenvalue weighted by Crippen LogP contribution is 2.54. The average Bonchev–Trinajstić information content (AvgIpc) is 3.62. The van der Waals surface area contributed by atoms with Gasteiger partial charge in [-0.15, -0.1) is 0 Å². The highest BCUT2D eigenvalue weighted by atomic mass is 16.3. The van der Waals surface area contributed by atoms with E-state index >= 15 is 4.79 Å². The number of fused-ring (bicyclic) bond motifs is 2. The van der Waals surface area contributed by atoms with Crippen LogP contribution >= 0.6 is 0 Å². The molecule has 370 valence electrons. The Balaban J connectivity index is 1.36. The molecule has 0 bridgehead atoms. The topological polar surface area (TPSA) is 161 Å². The number of hydrogen-bond acceptors (Lipinski definition) is 8. The van der Waals surface area contributed by atoms with Gasteiger partial charge in [0.05, 0.1) is 28.5 Å². The third-order valence-electron chi connectivity index (χ3n) is 16.7. The van der Waals surface area contributed by atoms with E-state index in [2.05, 4.69) is 109 Å². The number of allylic oxidation sites excluding steroid dienone is 6. The lowest BCUT2D eigenvalue weighted by Crippen LogP contribution is -2.42. The van der Waals surface area contributed by atoms with Gasteiger partial charge in [-0.1, -0.05) is 80.1 Å². The number of aliphatic hydroxyl groups is 1. The Morgan fingerprint density at radius 1 is 0.721 bits per heavy atom. The number of ketones is 1. The molecular weight excluding hydrogens is 853 g/mol. The van der Waals surface area contributed by atoms with Crippen LogP contribution in [-0.4, -0.2) is 82.4 Å². The summed E-state index contributed by atoms with van der Waals surface area (Å²) >= 11 is 0. The summed E-state index contributed by atoms with van der Waals surface area (Å²) in [5, 5.41) is 21.8. The molecule has 0 radical (unpaired) electrons. The maximum absolute atomic E-state index is 15.2. The quantitative estimate of drug-likeness (QED) is 0.106. The van der Waals surface area contributed by atoms with E-state index in [1.165, 1.54) is 0 Å². The largest absolute Gasteiger partial charge is 0.506 e. The summed E-state index contributed by atoms with van der Waals surface area (Å²) in [6.07, 6.45) is 13.2. The summed E-state index contributed by atoms with van der Waals surface area (Å²) in [4.78, 5) is 80.8. The lowest BCUT2D eigenvalue weighted by atomic mass is 9.73. The van der Waals surface area contributed by atoms with Crippen molar-refractivity contribution >= 4 is 52.1 Å². The monoisotopic (exact) mass is 933 g/mol. The molecule has 6 atom stereocenters. The number of anilines is 2. The van der Waals surface area contributed by atoms with Crippen molar-refractivity contribution in [3.05, 3.63) is 63.6 Å². The first-order chi connectivity index (χ1) is 32.2. The second-order valence-electron chi connectivity index (χ2n) is 22.2. The van der Waals surface area contributed by atoms with Crippen LogP contribution in [0.25, 0.3) is 5.57 Å². The molecule has 4 N–H and O–H groups in total. The molecule has 6 unspecified atom stereocenters. The van der Waals surface area contributed by atoms with Gasteiger partial charge in [-0.3, -0.25) is 24.0 Å². The van der Waals surface area contributed by atoms with E-state index in [0.29, 0.717) is 61.3 Å². The van der Waals surface area contributed by atoms with Crippen molar-refractivity contribution in [2.45, 2.75) is 190 Å². The Labute approximate surface area is 406 Å². The third-order valence-corrected chi connectivity index (χ3v) is 16.7. The molecule has 4 aliphatic carbocycles. The fraction of sp³-hybridized carbons (Fsp3) is 0.643. The number of Topliss-reactive ketones (excluding diaryl/α,β-unsaturated/α-hetero) is 1. The van der Waals surface area contributed by atoms with Gasteiger partial charge in [0, 0.05) is 88.4 Å². The minimum absolute atomic E-state index is 0.0728. The van der Waals surface area contributed by atoms with Crippen LogP contribution in [0.2, 0.25) is 0 Å². The first-order valence-electron chi connectivity index (χ1n) is 26.1. The summed E-state index contributed by atoms with van der Waals surface area (Å²) in [5.41, 5.74) is 4.82. The molecule has 2 heterocycles. The number of nitrogens with zero attached hydrogens (tertiary/aromatic N) is 3. The summed E-state index contributed by atoms with van der Waals surface area (Å²) in [7, 11) is 0. The Morgan fingerprint density at radius 2 is 1.24 bits per heavy atom. The molecule has 6 aliphatic rings. The molecule has 2 saturated carbocycles. The Morgan fingerprint density at radius 3 is 1.76 bits per heavy atom. The van der Waals surface area contributed by atoms with Crippen LogP contribution < -0.4 is 20.9 Å². The summed E-state index contributed by atoms with van der Waals surface area (Å²) in [5.74, 6) is -3.64. The predicted octanol–water partition coefficient (Wildman–Crippen LogP) is 10.0. The minimum Gasteiger partial charge on any atom is -0.506 e. The van der Waals surface area contributed by atoms with Gasteiger partial charge in [-0.25, -0.2) is 4.99 Å². The van der Waals surface area contributed by atoms with Crippen LogP contribution in [0.5, 0.6) is 0 Å². The molecule has 0 spiro atoms. The fourth-order valence-electron chi connectivity index (χ4n) is 12.1. The predicted molar refractivity (Wildman–Crippen MR) is 272 cm³/mol. The number of unbranched alkanes of at least 4 members (excludes halogenated alkanes) is 2. The van der Waals surface area contributed by atoms with Gasteiger partial charge in [0.15, 0.2) is 0 Å². The number of aliphatic hydroxyl groups excluding tert-OH is 1. The minimum atomic E-state index is -0.607. The van der Waals surface area contributed by atoms with Crippen molar-refractivity contribution < 1.29 is 29.1 Å². The van der Waals surface area contributed by atoms with E-state index in [1.807, 2.05) is 24.3 Å². The van der Waals surface area contributed by atoms with Crippen molar-refractivity contribution in [2.75, 3.05) is 23.3 Å². The lowest BCUT2D eigenvalue weighted by Gasteiger charge is -2.34. The standard InChI is InChI=1S/C56H80N6O6/c1-13-15-25-57-51(65)35-21-17-19-23-37(35)53(67)59-43-29-45-41(55(9,10)33(7)61(45)31(3)4)27-39(43)47-49(63)48(50(47)64)40-28-42-46(62(32(5)6)34(8)56(42,11)12)30-44(40)60-54(68)38-24-20-18-22-36(38)52(66)58-26-16-14-2/h27-38,63H,13-26H2,1-12H3,(H,57,65)(H,58,66)(H,59,67)/b48-40-,60-44?. The molecule has 2 aliphatic heterocycles. The smallest absolute Gasteiger partial charge is 0.250 e. The first-order valence-corrected chi connectivity index (χ1v) is 26.1. The molecule has 7 rings (SSSR count). The molecule has 12 heteroatoms. The van der Waals surface area contributed by atoms with Crippen LogP contribution in [0.3, 0.4) is 0 Å². The van der Waals surface area contributed by atoms with Crippen molar-refractivity contribution in [2.24, 2.45) is 34.1 Å². The van der Waals surface area contributed by atoms with Gasteiger partial charge >= 0.3 is 0 Å². The number of hydrogen-bond donors (Lipinski definition) is 4. The van der Waals surface area contributed by atoms with Crippen LogP contribution in [0.1, 0.15) is 171 Å². The highest BCUT2D eigenvalue weighted by molar-refractivity contribution is 6.42. The van der Waals surface area contributed by atoms with Gasteiger partial charge < -0.3 is 30.9 Å². The Kier molecular flexibility index (Phi) is 15.1. The van der Waals surface area contributed by atoms with Crippen molar-refractivity contribution in [3.63, 3.8) is 0 Å². The number of carbonyl (C=O) groups excluding carboxylic acids is 5. The lowest BCUT2D eigenvalue weighted by molar-refractivity contribution is -0.134. The molecule has 1 aromatic rings. The third kappa shape index (κ3) is 9.14. The molecule has 3 fully saturated rings. The molecule has 68 heavy (non-hydrogen) atoms. The zero-order chi connectivity index (χ0) is 49.6. The maximum Gasteiger partial charge on any atom is 0.250 e. The second-order valence-corrected chi connectivity index (χ2v) is 22.2. The van der Waals surface area contributed by atoms with E-state index in [1.54, 1.807) is 0 Å². The number of rotatable bonds is 14. The van der Waals surface area contributed by atoms with Gasteiger partial charge in [-0.2, -0.15) is 0 Å². The maximum atomic E-state index is 15.2. The van der Waals surface area contributed by atoms with Crippen molar-refractivity contribution in [1.29, 1.82) is 0 Å². The van der Waals surface area contributed by atoms with Gasteiger partial charge in [0.1, 0.15) is 5.76 Å². The van der Waals surface area contributed by atoms with Gasteiger partial charge in [0.25, 0.3) is 0 Å². The van der Waals surface area contributed by atoms with Crippen LogP contribution in [0.15, 0.2) is 57.5 Å². The zero-order valence-corrected chi connectivity index (χ0v) is 43.2. The van der Waals surface area contributed by atoms with E-state index < -0.39 is 35.4 Å². The Hall–Kier alpha value is -5.00. The van der Waals surface area contributed by atoms with E-state index in [0.717, 1.165) is 73.9 Å². The molecular formula is C56H80N6O6. The summed E-state index contributed by atoms with van der Waals surface area (Å²) in [6, 6.07) is 4.35. The zero-order valence-electron chi connectivity index (χ0n) is 43.2. The molecule has 12 nitrogen and oxygen atoms in total. The van der Waals surface area contributed by atoms with Gasteiger partial charge in [-0.05, 0) is 115 Å². The average molecular weight is 933 g/mol. The molecule has 0 aromatic heterocycles. The Bertz CT molecular complexity index is 2360. The second kappa shape index (κ2) is 20.2. The summed E-state index contributed by atoms with van der Waals surface area (Å²) in [6.45, 7) is 26.9. The molecule has 1 aromatic carbocycles. The number of aliphatic imine (C=N–C) groups is 1. The summed E-state index contributed by atoms with van der Waals surface area (Å²) < 4.78 is 0.